The van der Waals surface area contributed by atoms with Crippen LogP contribution < -0.4 is 15.4 Å². The van der Waals surface area contributed by atoms with E-state index in [2.05, 4.69) is 0 Å². The normalized spacial score (nSPS) is 15.8. The van der Waals surface area contributed by atoms with E-state index in [1.165, 1.54) is 0 Å². The molecule has 1 aliphatic heterocycles. The first-order chi connectivity index (χ1) is 15.8. The van der Waals surface area contributed by atoms with Crippen molar-refractivity contribution in [1.29, 1.82) is 5.26 Å². The summed E-state index contributed by atoms with van der Waals surface area (Å²) in [5.41, 5.74) is 5.72. The van der Waals surface area contributed by atoms with Crippen LogP contribution in [-0.4, -0.2) is 33.3 Å². The molecule has 1 atom stereocenters. The van der Waals surface area contributed by atoms with Gasteiger partial charge in [0.1, 0.15) is 11.5 Å². The SMILES string of the molecule is COC(=O)C1=C(C(=O)OC)N(c2ccc(F)c(F)c2OC)C(N)=C(C#N)C1c1ccccc1. The zero-order valence-corrected chi connectivity index (χ0v) is 17.9. The van der Waals surface area contributed by atoms with E-state index in [1.54, 1.807) is 30.3 Å². The smallest absolute Gasteiger partial charge is 0.355 e. The van der Waals surface area contributed by atoms with E-state index in [1.807, 2.05) is 6.07 Å². The van der Waals surface area contributed by atoms with E-state index < -0.39 is 40.9 Å². The van der Waals surface area contributed by atoms with Crippen LogP contribution in [0, 0.1) is 23.0 Å². The molecule has 33 heavy (non-hydrogen) atoms. The summed E-state index contributed by atoms with van der Waals surface area (Å²) >= 11 is 0. The van der Waals surface area contributed by atoms with Crippen molar-refractivity contribution in [3.8, 4) is 11.8 Å². The molecule has 0 radical (unpaired) electrons. The molecular formula is C23H19F2N3O5. The van der Waals surface area contributed by atoms with Gasteiger partial charge in [-0.15, -0.1) is 0 Å². The first kappa shape index (κ1) is 23.3. The quantitative estimate of drug-likeness (QED) is 0.685. The molecule has 10 heteroatoms. The number of nitrogens with two attached hydrogens (primary N) is 1. The number of methoxy groups -OCH3 is 3. The van der Waals surface area contributed by atoms with Crippen LogP contribution in [-0.2, 0) is 19.1 Å². The van der Waals surface area contributed by atoms with Crippen LogP contribution in [0.2, 0.25) is 0 Å². The highest BCUT2D eigenvalue weighted by molar-refractivity contribution is 6.06. The van der Waals surface area contributed by atoms with E-state index in [0.29, 0.717) is 5.56 Å². The Balaban J connectivity index is 2.47. The lowest BCUT2D eigenvalue weighted by molar-refractivity contribution is -0.139. The highest BCUT2D eigenvalue weighted by Gasteiger charge is 2.44. The number of esters is 2. The summed E-state index contributed by atoms with van der Waals surface area (Å²) in [6.45, 7) is 0. The number of carbonyl (C=O) groups excluding carboxylic acids is 2. The molecule has 3 rings (SSSR count). The topological polar surface area (TPSA) is 115 Å². The highest BCUT2D eigenvalue weighted by atomic mass is 19.2. The molecule has 0 saturated heterocycles. The van der Waals surface area contributed by atoms with E-state index in [9.17, 15) is 23.6 Å². The van der Waals surface area contributed by atoms with Crippen molar-refractivity contribution in [2.24, 2.45) is 5.73 Å². The van der Waals surface area contributed by atoms with E-state index in [-0.39, 0.29) is 22.7 Å². The molecule has 8 nitrogen and oxygen atoms in total. The van der Waals surface area contributed by atoms with Crippen LogP contribution in [0.15, 0.2) is 65.1 Å². The highest BCUT2D eigenvalue weighted by Crippen LogP contribution is 2.45. The molecule has 0 spiro atoms. The molecule has 0 bridgehead atoms. The Morgan fingerprint density at radius 1 is 1.03 bits per heavy atom. The van der Waals surface area contributed by atoms with E-state index in [4.69, 9.17) is 19.9 Å². The fourth-order valence-electron chi connectivity index (χ4n) is 3.66. The van der Waals surface area contributed by atoms with Crippen LogP contribution in [0.25, 0.3) is 0 Å². The molecule has 2 N–H and O–H groups in total. The first-order valence-electron chi connectivity index (χ1n) is 9.49. The van der Waals surface area contributed by atoms with Gasteiger partial charge in [0.25, 0.3) is 0 Å². The second kappa shape index (κ2) is 9.40. The van der Waals surface area contributed by atoms with Gasteiger partial charge >= 0.3 is 11.9 Å². The second-order valence-electron chi connectivity index (χ2n) is 6.75. The summed E-state index contributed by atoms with van der Waals surface area (Å²) in [6.07, 6.45) is 0. The van der Waals surface area contributed by atoms with Crippen LogP contribution >= 0.6 is 0 Å². The maximum absolute atomic E-state index is 14.5. The van der Waals surface area contributed by atoms with Gasteiger partial charge in [0.2, 0.25) is 5.82 Å². The monoisotopic (exact) mass is 455 g/mol. The molecule has 0 fully saturated rings. The molecule has 2 aromatic rings. The van der Waals surface area contributed by atoms with Gasteiger partial charge in [-0.3, -0.25) is 4.90 Å². The number of allylic oxidation sites excluding steroid dienone is 1. The molecule has 0 saturated carbocycles. The molecule has 2 aromatic carbocycles. The van der Waals surface area contributed by atoms with Crippen LogP contribution in [0.3, 0.4) is 0 Å². The van der Waals surface area contributed by atoms with Crippen LogP contribution in [0.5, 0.6) is 5.75 Å². The Labute approximate surface area is 188 Å². The predicted molar refractivity (Wildman–Crippen MR) is 112 cm³/mol. The van der Waals surface area contributed by atoms with Crippen molar-refractivity contribution in [3.05, 3.63) is 82.3 Å². The minimum absolute atomic E-state index is 0.124. The Kier molecular flexibility index (Phi) is 6.63. The zero-order valence-electron chi connectivity index (χ0n) is 17.9. The molecular weight excluding hydrogens is 436 g/mol. The van der Waals surface area contributed by atoms with Crippen molar-refractivity contribution >= 4 is 17.6 Å². The van der Waals surface area contributed by atoms with Gasteiger partial charge < -0.3 is 19.9 Å². The Morgan fingerprint density at radius 2 is 1.67 bits per heavy atom. The first-order valence-corrected chi connectivity index (χ1v) is 9.49. The largest absolute Gasteiger partial charge is 0.491 e. The summed E-state index contributed by atoms with van der Waals surface area (Å²) in [7, 11) is 3.26. The van der Waals surface area contributed by atoms with Crippen LogP contribution in [0.1, 0.15) is 11.5 Å². The third-order valence-electron chi connectivity index (χ3n) is 5.08. The van der Waals surface area contributed by atoms with Crippen molar-refractivity contribution in [1.82, 2.24) is 0 Å². The van der Waals surface area contributed by atoms with Crippen molar-refractivity contribution in [2.45, 2.75) is 5.92 Å². The van der Waals surface area contributed by atoms with E-state index >= 15 is 0 Å². The number of anilines is 1. The third-order valence-corrected chi connectivity index (χ3v) is 5.08. The number of nitrogens with zero attached hydrogens (tertiary/aromatic N) is 2. The Bertz CT molecular complexity index is 1220. The number of halogens is 2. The van der Waals surface area contributed by atoms with Gasteiger partial charge in [-0.2, -0.15) is 9.65 Å². The van der Waals surface area contributed by atoms with Gasteiger partial charge in [-0.1, -0.05) is 30.3 Å². The van der Waals surface area contributed by atoms with Crippen molar-refractivity contribution < 1.29 is 32.6 Å². The van der Waals surface area contributed by atoms with E-state index in [0.717, 1.165) is 38.4 Å². The summed E-state index contributed by atoms with van der Waals surface area (Å²) in [5, 5.41) is 9.97. The van der Waals surface area contributed by atoms with Crippen molar-refractivity contribution in [2.75, 3.05) is 26.2 Å². The number of carbonyl (C=O) groups is 2. The summed E-state index contributed by atoms with van der Waals surface area (Å²) < 4.78 is 43.2. The minimum atomic E-state index is -1.35. The average Bonchev–Trinajstić information content (AvgIpc) is 2.84. The third kappa shape index (κ3) is 3.85. The Morgan fingerprint density at radius 3 is 2.21 bits per heavy atom. The van der Waals surface area contributed by atoms with Gasteiger partial charge in [0.05, 0.1) is 50.2 Å². The number of benzene rings is 2. The molecule has 0 amide bonds. The fourth-order valence-corrected chi connectivity index (χ4v) is 3.66. The van der Waals surface area contributed by atoms with Gasteiger partial charge in [0.15, 0.2) is 11.6 Å². The maximum Gasteiger partial charge on any atom is 0.355 e. The lowest BCUT2D eigenvalue weighted by Gasteiger charge is -2.36. The van der Waals surface area contributed by atoms with Crippen LogP contribution in [0.4, 0.5) is 14.5 Å². The fraction of sp³-hybridized carbons (Fsp3) is 0.174. The number of ether oxygens (including phenoxy) is 3. The molecule has 0 aromatic heterocycles. The van der Waals surface area contributed by atoms with Gasteiger partial charge in [0, 0.05) is 0 Å². The lowest BCUT2D eigenvalue weighted by Crippen LogP contribution is -2.41. The zero-order chi connectivity index (χ0) is 24.3. The van der Waals surface area contributed by atoms with Crippen molar-refractivity contribution in [3.63, 3.8) is 0 Å². The standard InChI is InChI=1S/C23H19F2N3O5/c1-31-20-15(10-9-14(24)18(20)25)28-19(23(30)33-3)17(22(29)32-2)16(13(11-26)21(28)27)12-7-5-4-6-8-12/h4-10,16H,27H2,1-3H3. The maximum atomic E-state index is 14.5. The number of hydrogen-bond donors (Lipinski definition) is 1. The minimum Gasteiger partial charge on any atom is -0.491 e. The molecule has 0 aliphatic carbocycles. The lowest BCUT2D eigenvalue weighted by atomic mass is 9.81. The molecule has 1 aliphatic rings. The summed E-state index contributed by atoms with van der Waals surface area (Å²) in [6, 6.07) is 12.2. The summed E-state index contributed by atoms with van der Waals surface area (Å²) in [4.78, 5) is 26.8. The average molecular weight is 455 g/mol. The molecule has 1 heterocycles. The predicted octanol–water partition coefficient (Wildman–Crippen LogP) is 2.87. The molecule has 170 valence electrons. The summed E-state index contributed by atoms with van der Waals surface area (Å²) in [5.74, 6) is -6.53. The van der Waals surface area contributed by atoms with Gasteiger partial charge in [-0.05, 0) is 17.7 Å². The Hall–Kier alpha value is -4.39. The molecule has 1 unspecified atom stereocenters. The second-order valence-corrected chi connectivity index (χ2v) is 6.75. The number of nitriles is 1. The van der Waals surface area contributed by atoms with Gasteiger partial charge in [-0.25, -0.2) is 14.0 Å². The number of hydrogen-bond acceptors (Lipinski definition) is 8. The number of rotatable bonds is 5.